The second kappa shape index (κ2) is 6.61. The molecule has 90 valence electrons. The summed E-state index contributed by atoms with van der Waals surface area (Å²) in [5.74, 6) is -0.186. The monoisotopic (exact) mass is 225 g/mol. The minimum Gasteiger partial charge on any atom is -0.395 e. The van der Waals surface area contributed by atoms with Crippen molar-refractivity contribution in [1.82, 2.24) is 5.32 Å². The maximum absolute atomic E-state index is 13.6. The molecule has 0 heterocycles. The van der Waals surface area contributed by atoms with Crippen LogP contribution in [0.25, 0.3) is 0 Å². The van der Waals surface area contributed by atoms with E-state index in [9.17, 15) is 4.39 Å². The van der Waals surface area contributed by atoms with Crippen LogP contribution in [0.15, 0.2) is 24.3 Å². The molecule has 0 fully saturated rings. The number of rotatable bonds is 6. The molecule has 1 aromatic rings. The molecule has 0 saturated heterocycles. The van der Waals surface area contributed by atoms with Crippen LogP contribution in [0.5, 0.6) is 0 Å². The van der Waals surface area contributed by atoms with Crippen molar-refractivity contribution in [1.29, 1.82) is 0 Å². The van der Waals surface area contributed by atoms with E-state index < -0.39 is 0 Å². The van der Waals surface area contributed by atoms with Gasteiger partial charge in [0.1, 0.15) is 5.82 Å². The highest BCUT2D eigenvalue weighted by Gasteiger charge is 2.16. The van der Waals surface area contributed by atoms with Gasteiger partial charge in [0.2, 0.25) is 0 Å². The second-order valence-electron chi connectivity index (χ2n) is 3.94. The molecule has 0 aliphatic carbocycles. The first-order valence-electron chi connectivity index (χ1n) is 5.84. The van der Waals surface area contributed by atoms with E-state index in [4.69, 9.17) is 5.11 Å². The van der Waals surface area contributed by atoms with Gasteiger partial charge in [0.15, 0.2) is 0 Å². The van der Waals surface area contributed by atoms with Gasteiger partial charge in [-0.15, -0.1) is 0 Å². The Morgan fingerprint density at radius 3 is 2.44 bits per heavy atom. The van der Waals surface area contributed by atoms with Crippen LogP contribution in [0.1, 0.15) is 38.3 Å². The van der Waals surface area contributed by atoms with Crippen LogP contribution in [-0.2, 0) is 0 Å². The van der Waals surface area contributed by atoms with Gasteiger partial charge < -0.3 is 10.4 Å². The van der Waals surface area contributed by atoms with E-state index in [1.54, 1.807) is 12.1 Å². The zero-order valence-electron chi connectivity index (χ0n) is 9.91. The lowest BCUT2D eigenvalue weighted by molar-refractivity contribution is 0.225. The van der Waals surface area contributed by atoms with Gasteiger partial charge in [-0.1, -0.05) is 32.0 Å². The normalized spacial score (nSPS) is 14.8. The number of benzene rings is 1. The molecule has 0 amide bonds. The van der Waals surface area contributed by atoms with E-state index in [2.05, 4.69) is 5.32 Å². The summed E-state index contributed by atoms with van der Waals surface area (Å²) < 4.78 is 13.6. The fourth-order valence-electron chi connectivity index (χ4n) is 1.77. The SMILES string of the molecule is CCC(CO)NC(CC)c1ccccc1F. The third-order valence-corrected chi connectivity index (χ3v) is 2.84. The molecule has 2 nitrogen and oxygen atoms in total. The van der Waals surface area contributed by atoms with Crippen LogP contribution in [0, 0.1) is 5.82 Å². The number of nitrogens with one attached hydrogen (secondary N) is 1. The highest BCUT2D eigenvalue weighted by molar-refractivity contribution is 5.21. The van der Waals surface area contributed by atoms with Gasteiger partial charge in [0.25, 0.3) is 0 Å². The minimum absolute atomic E-state index is 0.0294. The van der Waals surface area contributed by atoms with Gasteiger partial charge in [0, 0.05) is 17.6 Å². The standard InChI is InChI=1S/C13H20FNO/c1-3-10(9-16)15-13(4-2)11-7-5-6-8-12(11)14/h5-8,10,13,15-16H,3-4,9H2,1-2H3. The van der Waals surface area contributed by atoms with Gasteiger partial charge >= 0.3 is 0 Å². The Hall–Kier alpha value is -0.930. The predicted molar refractivity (Wildman–Crippen MR) is 63.7 cm³/mol. The minimum atomic E-state index is -0.186. The summed E-state index contributed by atoms with van der Waals surface area (Å²) in [7, 11) is 0. The Kier molecular flexibility index (Phi) is 5.43. The van der Waals surface area contributed by atoms with E-state index in [0.717, 1.165) is 12.8 Å². The van der Waals surface area contributed by atoms with Crippen LogP contribution in [0.3, 0.4) is 0 Å². The van der Waals surface area contributed by atoms with Crippen LogP contribution in [0.4, 0.5) is 4.39 Å². The van der Waals surface area contributed by atoms with Gasteiger partial charge in [-0.2, -0.15) is 0 Å². The Bertz CT molecular complexity index is 313. The van der Waals surface area contributed by atoms with E-state index in [-0.39, 0.29) is 24.5 Å². The molecule has 1 aromatic carbocycles. The smallest absolute Gasteiger partial charge is 0.127 e. The predicted octanol–water partition coefficient (Wildman–Crippen LogP) is 2.64. The first-order chi connectivity index (χ1) is 7.72. The number of hydrogen-bond donors (Lipinski definition) is 2. The molecule has 2 unspecified atom stereocenters. The maximum atomic E-state index is 13.6. The third kappa shape index (κ3) is 3.29. The summed E-state index contributed by atoms with van der Waals surface area (Å²) in [6.45, 7) is 4.09. The number of aliphatic hydroxyl groups is 1. The average Bonchev–Trinajstić information content (AvgIpc) is 2.32. The molecule has 16 heavy (non-hydrogen) atoms. The fourth-order valence-corrected chi connectivity index (χ4v) is 1.77. The molecular weight excluding hydrogens is 205 g/mol. The Balaban J connectivity index is 2.78. The van der Waals surface area contributed by atoms with Crippen molar-refractivity contribution in [3.63, 3.8) is 0 Å². The van der Waals surface area contributed by atoms with Crippen LogP contribution >= 0.6 is 0 Å². The second-order valence-corrected chi connectivity index (χ2v) is 3.94. The highest BCUT2D eigenvalue weighted by Crippen LogP contribution is 2.20. The molecule has 0 aliphatic rings. The maximum Gasteiger partial charge on any atom is 0.127 e. The van der Waals surface area contributed by atoms with Crippen molar-refractivity contribution in [3.8, 4) is 0 Å². The zero-order valence-corrected chi connectivity index (χ0v) is 9.91. The van der Waals surface area contributed by atoms with E-state index in [1.807, 2.05) is 19.9 Å². The molecule has 3 heteroatoms. The molecule has 0 radical (unpaired) electrons. The summed E-state index contributed by atoms with van der Waals surface area (Å²) in [6.07, 6.45) is 1.64. The number of halogens is 1. The summed E-state index contributed by atoms with van der Waals surface area (Å²) in [5.41, 5.74) is 0.678. The summed E-state index contributed by atoms with van der Waals surface area (Å²) >= 11 is 0. The van der Waals surface area contributed by atoms with Gasteiger partial charge in [0.05, 0.1) is 6.61 Å². The van der Waals surface area contributed by atoms with E-state index in [0.29, 0.717) is 5.56 Å². The van der Waals surface area contributed by atoms with Gasteiger partial charge in [-0.05, 0) is 18.9 Å². The molecular formula is C13H20FNO. The summed E-state index contributed by atoms with van der Waals surface area (Å²) in [4.78, 5) is 0. The molecule has 2 N–H and O–H groups in total. The largest absolute Gasteiger partial charge is 0.395 e. The Morgan fingerprint density at radius 2 is 1.94 bits per heavy atom. The number of aliphatic hydroxyl groups excluding tert-OH is 1. The first kappa shape index (κ1) is 13.1. The van der Waals surface area contributed by atoms with Gasteiger partial charge in [-0.25, -0.2) is 4.39 Å². The van der Waals surface area contributed by atoms with Crippen LogP contribution in [-0.4, -0.2) is 17.8 Å². The topological polar surface area (TPSA) is 32.3 Å². The Labute approximate surface area is 96.5 Å². The van der Waals surface area contributed by atoms with Crippen molar-refractivity contribution in [2.24, 2.45) is 0 Å². The zero-order chi connectivity index (χ0) is 12.0. The van der Waals surface area contributed by atoms with Crippen LogP contribution < -0.4 is 5.32 Å². The molecule has 0 bridgehead atoms. The first-order valence-corrected chi connectivity index (χ1v) is 5.84. The summed E-state index contributed by atoms with van der Waals surface area (Å²) in [6, 6.07) is 6.79. The molecule has 0 saturated carbocycles. The van der Waals surface area contributed by atoms with E-state index >= 15 is 0 Å². The quantitative estimate of drug-likeness (QED) is 0.780. The lowest BCUT2D eigenvalue weighted by Gasteiger charge is -2.23. The number of hydrogen-bond acceptors (Lipinski definition) is 2. The van der Waals surface area contributed by atoms with Crippen LogP contribution in [0.2, 0.25) is 0 Å². The van der Waals surface area contributed by atoms with Crippen molar-refractivity contribution in [3.05, 3.63) is 35.6 Å². The van der Waals surface area contributed by atoms with E-state index in [1.165, 1.54) is 6.07 Å². The molecule has 2 atom stereocenters. The van der Waals surface area contributed by atoms with Crippen molar-refractivity contribution in [2.45, 2.75) is 38.8 Å². The summed E-state index contributed by atoms with van der Waals surface area (Å²) in [5, 5.41) is 12.4. The lowest BCUT2D eigenvalue weighted by atomic mass is 10.0. The fraction of sp³-hybridized carbons (Fsp3) is 0.538. The highest BCUT2D eigenvalue weighted by atomic mass is 19.1. The molecule has 1 rings (SSSR count). The van der Waals surface area contributed by atoms with Crippen molar-refractivity contribution >= 4 is 0 Å². The molecule has 0 aliphatic heterocycles. The van der Waals surface area contributed by atoms with Crippen molar-refractivity contribution in [2.75, 3.05) is 6.61 Å². The molecule has 0 spiro atoms. The lowest BCUT2D eigenvalue weighted by Crippen LogP contribution is -2.35. The van der Waals surface area contributed by atoms with Crippen molar-refractivity contribution < 1.29 is 9.50 Å². The average molecular weight is 225 g/mol. The third-order valence-electron chi connectivity index (χ3n) is 2.84. The van der Waals surface area contributed by atoms with Gasteiger partial charge in [-0.3, -0.25) is 0 Å². The Morgan fingerprint density at radius 1 is 1.25 bits per heavy atom. The molecule has 0 aromatic heterocycles.